The van der Waals surface area contributed by atoms with Crippen molar-refractivity contribution in [2.45, 2.75) is 20.1 Å². The minimum absolute atomic E-state index is 0.00889. The van der Waals surface area contributed by atoms with Gasteiger partial charge in [0.1, 0.15) is 5.70 Å². The van der Waals surface area contributed by atoms with Crippen LogP contribution in [0.25, 0.3) is 11.8 Å². The van der Waals surface area contributed by atoms with Crippen LogP contribution < -0.4 is 5.73 Å². The molecule has 3 heteroatoms. The molecule has 0 radical (unpaired) electrons. The number of rotatable bonds is 1. The van der Waals surface area contributed by atoms with Crippen LogP contribution in [0.15, 0.2) is 36.3 Å². The molecule has 2 aliphatic heterocycles. The predicted octanol–water partition coefficient (Wildman–Crippen LogP) is 2.57. The van der Waals surface area contributed by atoms with E-state index in [-0.39, 0.29) is 6.23 Å². The first-order valence-corrected chi connectivity index (χ1v) is 5.91. The first-order valence-electron chi connectivity index (χ1n) is 5.91. The predicted molar refractivity (Wildman–Crippen MR) is 68.1 cm³/mol. The second-order valence-corrected chi connectivity index (χ2v) is 4.78. The second-order valence-electron chi connectivity index (χ2n) is 4.78. The summed E-state index contributed by atoms with van der Waals surface area (Å²) in [5.74, 6) is 0.918. The molecule has 3 nitrogen and oxygen atoms in total. The lowest BCUT2D eigenvalue weighted by Crippen LogP contribution is -2.31. The van der Waals surface area contributed by atoms with Gasteiger partial charge in [0.25, 0.3) is 0 Å². The smallest absolute Gasteiger partial charge is 0.211 e. The topological polar surface area (TPSA) is 38.5 Å². The van der Waals surface area contributed by atoms with Gasteiger partial charge in [-0.25, -0.2) is 0 Å². The van der Waals surface area contributed by atoms with Gasteiger partial charge in [-0.1, -0.05) is 38.1 Å². The SMILES string of the molecule is CC(C)C1OC(N)=C2c3ccccc3C=CN21. The molecule has 1 aromatic carbocycles. The second kappa shape index (κ2) is 3.55. The zero-order chi connectivity index (χ0) is 12.0. The molecule has 0 bridgehead atoms. The first kappa shape index (κ1) is 10.3. The number of nitrogens with two attached hydrogens (primary N) is 1. The van der Waals surface area contributed by atoms with E-state index in [2.05, 4.69) is 43.2 Å². The van der Waals surface area contributed by atoms with Crippen LogP contribution in [0.4, 0.5) is 0 Å². The largest absolute Gasteiger partial charge is 0.453 e. The molecule has 2 N–H and O–H groups in total. The van der Waals surface area contributed by atoms with Gasteiger partial charge in [0.05, 0.1) is 0 Å². The summed E-state index contributed by atoms with van der Waals surface area (Å²) in [6, 6.07) is 8.23. The highest BCUT2D eigenvalue weighted by molar-refractivity contribution is 5.79. The van der Waals surface area contributed by atoms with E-state index in [4.69, 9.17) is 10.5 Å². The Bertz CT molecular complexity index is 517. The lowest BCUT2D eigenvalue weighted by atomic mass is 10.0. The fourth-order valence-corrected chi connectivity index (χ4v) is 2.40. The van der Waals surface area contributed by atoms with Crippen molar-refractivity contribution in [3.05, 3.63) is 47.5 Å². The van der Waals surface area contributed by atoms with Crippen LogP contribution in [0.5, 0.6) is 0 Å². The molecule has 0 spiro atoms. The van der Waals surface area contributed by atoms with E-state index in [1.807, 2.05) is 12.1 Å². The molecule has 1 unspecified atom stereocenters. The van der Waals surface area contributed by atoms with Crippen LogP contribution in [0.1, 0.15) is 25.0 Å². The maximum Gasteiger partial charge on any atom is 0.211 e. The summed E-state index contributed by atoms with van der Waals surface area (Å²) in [6.45, 7) is 4.27. The zero-order valence-electron chi connectivity index (χ0n) is 10.1. The van der Waals surface area contributed by atoms with E-state index in [0.717, 1.165) is 11.3 Å². The fourth-order valence-electron chi connectivity index (χ4n) is 2.40. The van der Waals surface area contributed by atoms with Gasteiger partial charge in [-0.15, -0.1) is 0 Å². The molecule has 0 fully saturated rings. The van der Waals surface area contributed by atoms with Crippen LogP contribution in [0, 0.1) is 5.92 Å². The molecular formula is C14H16N2O. The van der Waals surface area contributed by atoms with E-state index in [1.165, 1.54) is 5.56 Å². The Hall–Kier alpha value is -1.90. The van der Waals surface area contributed by atoms with Gasteiger partial charge in [-0.05, 0) is 11.6 Å². The summed E-state index contributed by atoms with van der Waals surface area (Å²) in [5.41, 5.74) is 9.35. The van der Waals surface area contributed by atoms with Crippen molar-refractivity contribution in [3.63, 3.8) is 0 Å². The maximum absolute atomic E-state index is 6.01. The third-order valence-corrected chi connectivity index (χ3v) is 3.21. The van der Waals surface area contributed by atoms with Crippen LogP contribution in [-0.2, 0) is 4.74 Å². The Labute approximate surface area is 101 Å². The molecule has 2 heterocycles. The Morgan fingerprint density at radius 2 is 2.06 bits per heavy atom. The first-order chi connectivity index (χ1) is 8.18. The van der Waals surface area contributed by atoms with Crippen molar-refractivity contribution < 1.29 is 4.74 Å². The van der Waals surface area contributed by atoms with Crippen molar-refractivity contribution in [1.82, 2.24) is 4.90 Å². The average Bonchev–Trinajstić information content (AvgIpc) is 2.67. The van der Waals surface area contributed by atoms with Gasteiger partial charge >= 0.3 is 0 Å². The lowest BCUT2D eigenvalue weighted by molar-refractivity contribution is 0.0297. The summed E-state index contributed by atoms with van der Waals surface area (Å²) in [5, 5.41) is 0. The van der Waals surface area contributed by atoms with Crippen molar-refractivity contribution in [2.75, 3.05) is 0 Å². The monoisotopic (exact) mass is 228 g/mol. The third kappa shape index (κ3) is 1.42. The van der Waals surface area contributed by atoms with E-state index >= 15 is 0 Å². The Morgan fingerprint density at radius 1 is 1.29 bits per heavy atom. The summed E-state index contributed by atoms with van der Waals surface area (Å²) < 4.78 is 5.76. The van der Waals surface area contributed by atoms with Gasteiger partial charge in [-0.3, -0.25) is 0 Å². The van der Waals surface area contributed by atoms with E-state index < -0.39 is 0 Å². The minimum Gasteiger partial charge on any atom is -0.453 e. The number of benzene rings is 1. The van der Waals surface area contributed by atoms with Crippen LogP contribution in [-0.4, -0.2) is 11.1 Å². The van der Waals surface area contributed by atoms with Gasteiger partial charge in [0.2, 0.25) is 5.88 Å². The highest BCUT2D eigenvalue weighted by Gasteiger charge is 2.36. The van der Waals surface area contributed by atoms with Crippen molar-refractivity contribution in [2.24, 2.45) is 11.7 Å². The molecule has 2 aliphatic rings. The summed E-state index contributed by atoms with van der Waals surface area (Å²) >= 11 is 0. The van der Waals surface area contributed by atoms with Crippen LogP contribution in [0.3, 0.4) is 0 Å². The Kier molecular flexibility index (Phi) is 2.15. The average molecular weight is 228 g/mol. The van der Waals surface area contributed by atoms with Crippen molar-refractivity contribution in [1.29, 1.82) is 0 Å². The van der Waals surface area contributed by atoms with Gasteiger partial charge in [0.15, 0.2) is 6.23 Å². The molecule has 0 aromatic heterocycles. The number of hydrogen-bond acceptors (Lipinski definition) is 3. The summed E-state index contributed by atoms with van der Waals surface area (Å²) in [6.07, 6.45) is 4.17. The lowest BCUT2D eigenvalue weighted by Gasteiger charge is -2.29. The molecule has 0 aliphatic carbocycles. The fraction of sp³-hybridized carbons (Fsp3) is 0.286. The van der Waals surface area contributed by atoms with E-state index in [0.29, 0.717) is 11.8 Å². The maximum atomic E-state index is 6.01. The third-order valence-electron chi connectivity index (χ3n) is 3.21. The van der Waals surface area contributed by atoms with Crippen molar-refractivity contribution >= 4 is 11.8 Å². The highest BCUT2D eigenvalue weighted by Crippen LogP contribution is 2.39. The van der Waals surface area contributed by atoms with E-state index in [9.17, 15) is 0 Å². The molecule has 1 atom stereocenters. The number of ether oxygens (including phenoxy) is 1. The molecular weight excluding hydrogens is 212 g/mol. The quantitative estimate of drug-likeness (QED) is 0.802. The molecule has 1 aromatic rings. The minimum atomic E-state index is 0.00889. The molecule has 0 saturated heterocycles. The number of nitrogens with zero attached hydrogens (tertiary/aromatic N) is 1. The standard InChI is InChI=1S/C14H16N2O/c1-9(2)14-16-8-7-10-5-3-4-6-11(10)12(16)13(15)17-14/h3-9,14H,15H2,1-2H3. The Balaban J connectivity index is 2.11. The van der Waals surface area contributed by atoms with Gasteiger partial charge in [0, 0.05) is 17.7 Å². The van der Waals surface area contributed by atoms with Gasteiger partial charge in [-0.2, -0.15) is 0 Å². The van der Waals surface area contributed by atoms with Crippen LogP contribution >= 0.6 is 0 Å². The van der Waals surface area contributed by atoms with Gasteiger partial charge < -0.3 is 15.4 Å². The van der Waals surface area contributed by atoms with E-state index in [1.54, 1.807) is 0 Å². The zero-order valence-corrected chi connectivity index (χ0v) is 10.1. The molecule has 0 saturated carbocycles. The molecule has 0 amide bonds. The number of fused-ring (bicyclic) bond motifs is 3. The molecule has 88 valence electrons. The van der Waals surface area contributed by atoms with Crippen LogP contribution in [0.2, 0.25) is 0 Å². The molecule has 3 rings (SSSR count). The number of hydrogen-bond donors (Lipinski definition) is 1. The van der Waals surface area contributed by atoms with Crippen molar-refractivity contribution in [3.8, 4) is 0 Å². The summed E-state index contributed by atoms with van der Waals surface area (Å²) in [7, 11) is 0. The Morgan fingerprint density at radius 3 is 2.82 bits per heavy atom. The highest BCUT2D eigenvalue weighted by atomic mass is 16.5. The molecule has 17 heavy (non-hydrogen) atoms. The summed E-state index contributed by atoms with van der Waals surface area (Å²) in [4.78, 5) is 2.13. The normalized spacial score (nSPS) is 21.6.